The van der Waals surface area contributed by atoms with E-state index >= 15 is 0 Å². The normalized spacial score (nSPS) is 18.4. The summed E-state index contributed by atoms with van der Waals surface area (Å²) in [6.07, 6.45) is 3.80. The molecule has 0 N–H and O–H groups in total. The molecule has 6 rings (SSSR count). The molecule has 4 heterocycles. The van der Waals surface area contributed by atoms with E-state index in [-0.39, 0.29) is 11.3 Å². The first kappa shape index (κ1) is 23.0. The zero-order valence-corrected chi connectivity index (χ0v) is 21.1. The summed E-state index contributed by atoms with van der Waals surface area (Å²) in [5, 5.41) is 19.1. The van der Waals surface area contributed by atoms with Gasteiger partial charge in [-0.2, -0.15) is 5.26 Å². The summed E-state index contributed by atoms with van der Waals surface area (Å²) >= 11 is 6.36. The number of rotatable bonds is 4. The molecule has 1 aliphatic carbocycles. The molecule has 1 saturated heterocycles. The molecule has 36 heavy (non-hydrogen) atoms. The number of nitriles is 1. The largest absolute Gasteiger partial charge is 0.355 e. The first-order valence-corrected chi connectivity index (χ1v) is 12.5. The van der Waals surface area contributed by atoms with Gasteiger partial charge >= 0.3 is 0 Å². The Morgan fingerprint density at radius 2 is 2.00 bits per heavy atom. The number of hydrogen-bond acceptors (Lipinski definition) is 7. The van der Waals surface area contributed by atoms with Crippen LogP contribution in [0.1, 0.15) is 41.5 Å². The zero-order chi connectivity index (χ0) is 25.0. The number of carbonyl (C=O) groups is 1. The number of pyridine rings is 1. The molecule has 1 saturated carbocycles. The Bertz CT molecular complexity index is 1380. The highest BCUT2D eigenvalue weighted by molar-refractivity contribution is 6.30. The molecule has 3 aromatic rings. The quantitative estimate of drug-likeness (QED) is 0.541. The third kappa shape index (κ3) is 3.91. The number of halogens is 1. The molecular formula is C26H27ClN8O. The van der Waals surface area contributed by atoms with E-state index in [9.17, 15) is 10.1 Å². The molecule has 2 fully saturated rings. The minimum atomic E-state index is 0.0528. The lowest BCUT2D eigenvalue weighted by molar-refractivity contribution is -0.130. The van der Waals surface area contributed by atoms with E-state index < -0.39 is 0 Å². The second-order valence-corrected chi connectivity index (χ2v) is 10.9. The summed E-state index contributed by atoms with van der Waals surface area (Å²) in [6.45, 7) is 3.37. The van der Waals surface area contributed by atoms with Crippen molar-refractivity contribution in [3.8, 4) is 11.8 Å². The molecule has 2 aromatic heterocycles. The minimum absolute atomic E-state index is 0.0528. The van der Waals surface area contributed by atoms with Gasteiger partial charge in [0.25, 0.3) is 0 Å². The molecule has 3 aliphatic rings. The molecule has 1 spiro atoms. The molecule has 0 radical (unpaired) electrons. The standard InChI is InChI=1S/C26H27ClN8O/c1-32(2)24(36)14-33-12-18-8-20(27)3-4-21(18)35-23(13-33)30-31-25(35)19-9-26(10-19)15-34(16-26)22-7-17(11-28)5-6-29-22/h3-8,19H,9-10,12-16H2,1-2H3. The fraction of sp³-hybridized carbons (Fsp3) is 0.423. The lowest BCUT2D eigenvalue weighted by Crippen LogP contribution is -2.62. The smallest absolute Gasteiger partial charge is 0.236 e. The maximum atomic E-state index is 12.5. The first-order chi connectivity index (χ1) is 17.3. The maximum Gasteiger partial charge on any atom is 0.236 e. The predicted molar refractivity (Wildman–Crippen MR) is 135 cm³/mol. The maximum absolute atomic E-state index is 12.5. The van der Waals surface area contributed by atoms with Gasteiger partial charge in [0.15, 0.2) is 5.82 Å². The third-order valence-electron chi connectivity index (χ3n) is 7.63. The number of carbonyl (C=O) groups excluding carboxylic acids is 1. The number of benzene rings is 1. The summed E-state index contributed by atoms with van der Waals surface area (Å²) in [5.41, 5.74) is 3.02. The van der Waals surface area contributed by atoms with Crippen LogP contribution < -0.4 is 4.90 Å². The highest BCUT2D eigenvalue weighted by atomic mass is 35.5. The Hall–Kier alpha value is -3.48. The molecule has 10 heteroatoms. The van der Waals surface area contributed by atoms with Crippen molar-refractivity contribution in [2.24, 2.45) is 5.41 Å². The summed E-state index contributed by atoms with van der Waals surface area (Å²) < 4.78 is 2.19. The molecular weight excluding hydrogens is 476 g/mol. The third-order valence-corrected chi connectivity index (χ3v) is 7.86. The van der Waals surface area contributed by atoms with Gasteiger partial charge in [0.2, 0.25) is 5.91 Å². The molecule has 0 atom stereocenters. The van der Waals surface area contributed by atoms with Crippen molar-refractivity contribution in [3.63, 3.8) is 0 Å². The van der Waals surface area contributed by atoms with Gasteiger partial charge in [0.05, 0.1) is 30.4 Å². The van der Waals surface area contributed by atoms with Gasteiger partial charge in [0.1, 0.15) is 11.6 Å². The molecule has 0 bridgehead atoms. The minimum Gasteiger partial charge on any atom is -0.355 e. The fourth-order valence-electron chi connectivity index (χ4n) is 5.81. The van der Waals surface area contributed by atoms with Crippen molar-refractivity contribution in [3.05, 3.63) is 64.3 Å². The predicted octanol–water partition coefficient (Wildman–Crippen LogP) is 2.98. The van der Waals surface area contributed by atoms with Crippen LogP contribution in [0, 0.1) is 16.7 Å². The zero-order valence-electron chi connectivity index (χ0n) is 20.4. The summed E-state index contributed by atoms with van der Waals surface area (Å²) in [4.78, 5) is 22.9. The summed E-state index contributed by atoms with van der Waals surface area (Å²) in [5.74, 6) is 3.09. The Balaban J connectivity index is 1.22. The Morgan fingerprint density at radius 1 is 1.19 bits per heavy atom. The molecule has 1 aromatic carbocycles. The van der Waals surface area contributed by atoms with E-state index in [0.29, 0.717) is 36.1 Å². The second-order valence-electron chi connectivity index (χ2n) is 10.5. The van der Waals surface area contributed by atoms with Gasteiger partial charge < -0.3 is 9.80 Å². The van der Waals surface area contributed by atoms with Crippen LogP contribution in [-0.2, 0) is 17.9 Å². The van der Waals surface area contributed by atoms with Gasteiger partial charge in [-0.25, -0.2) is 4.98 Å². The van der Waals surface area contributed by atoms with Crippen molar-refractivity contribution in [2.75, 3.05) is 38.6 Å². The van der Waals surface area contributed by atoms with E-state index in [1.165, 1.54) is 0 Å². The number of amides is 1. The SMILES string of the molecule is CN(C)C(=O)CN1Cc2cc(Cl)ccc2-n2c(nnc2C2CC3(C2)CN(c2cc(C#N)ccn2)C3)C1. The van der Waals surface area contributed by atoms with E-state index in [4.69, 9.17) is 11.6 Å². The van der Waals surface area contributed by atoms with E-state index in [0.717, 1.165) is 54.6 Å². The number of fused-ring (bicyclic) bond motifs is 3. The molecule has 2 aliphatic heterocycles. The van der Waals surface area contributed by atoms with Crippen LogP contribution in [0.15, 0.2) is 36.5 Å². The molecule has 0 unspecified atom stereocenters. The average molecular weight is 503 g/mol. The number of likely N-dealkylation sites (N-methyl/N-ethyl adjacent to an activating group) is 1. The highest BCUT2D eigenvalue weighted by Gasteiger charge is 2.54. The van der Waals surface area contributed by atoms with Crippen LogP contribution in [0.3, 0.4) is 0 Å². The number of anilines is 1. The molecule has 1 amide bonds. The Morgan fingerprint density at radius 3 is 2.75 bits per heavy atom. The number of aromatic nitrogens is 4. The average Bonchev–Trinajstić information content (AvgIpc) is 3.13. The van der Waals surface area contributed by atoms with E-state index in [2.05, 4.69) is 35.6 Å². The molecule has 184 valence electrons. The van der Waals surface area contributed by atoms with Gasteiger partial charge in [-0.05, 0) is 48.7 Å². The Kier molecular flexibility index (Phi) is 5.47. The fourth-order valence-corrected chi connectivity index (χ4v) is 6.01. The number of nitrogens with zero attached hydrogens (tertiary/aromatic N) is 8. The van der Waals surface area contributed by atoms with Gasteiger partial charge in [-0.3, -0.25) is 14.3 Å². The number of hydrogen-bond donors (Lipinski definition) is 0. The van der Waals surface area contributed by atoms with Crippen molar-refractivity contribution in [2.45, 2.75) is 31.8 Å². The van der Waals surface area contributed by atoms with Gasteiger partial charge in [-0.1, -0.05) is 11.6 Å². The van der Waals surface area contributed by atoms with Crippen LogP contribution >= 0.6 is 11.6 Å². The van der Waals surface area contributed by atoms with Crippen LogP contribution in [-0.4, -0.2) is 69.2 Å². The van der Waals surface area contributed by atoms with Crippen molar-refractivity contribution in [1.29, 1.82) is 5.26 Å². The van der Waals surface area contributed by atoms with E-state index in [1.54, 1.807) is 31.3 Å². The lowest BCUT2D eigenvalue weighted by Gasteiger charge is -2.59. The van der Waals surface area contributed by atoms with E-state index in [1.807, 2.05) is 24.3 Å². The Labute approximate surface area is 214 Å². The van der Waals surface area contributed by atoms with Crippen molar-refractivity contribution >= 4 is 23.3 Å². The highest BCUT2D eigenvalue weighted by Crippen LogP contribution is 2.56. The topological polar surface area (TPSA) is 94.2 Å². The molecule has 9 nitrogen and oxygen atoms in total. The summed E-state index contributed by atoms with van der Waals surface area (Å²) in [7, 11) is 3.55. The summed E-state index contributed by atoms with van der Waals surface area (Å²) in [6, 6.07) is 11.7. The monoisotopic (exact) mass is 502 g/mol. The van der Waals surface area contributed by atoms with Crippen LogP contribution in [0.2, 0.25) is 5.02 Å². The lowest BCUT2D eigenvalue weighted by atomic mass is 9.57. The van der Waals surface area contributed by atoms with Gasteiger partial charge in [-0.15, -0.1) is 10.2 Å². The van der Waals surface area contributed by atoms with Crippen molar-refractivity contribution < 1.29 is 4.79 Å². The first-order valence-electron chi connectivity index (χ1n) is 12.1. The van der Waals surface area contributed by atoms with Crippen LogP contribution in [0.25, 0.3) is 5.69 Å². The van der Waals surface area contributed by atoms with Crippen LogP contribution in [0.4, 0.5) is 5.82 Å². The second kappa shape index (κ2) is 8.57. The van der Waals surface area contributed by atoms with Crippen molar-refractivity contribution in [1.82, 2.24) is 29.5 Å². The van der Waals surface area contributed by atoms with Crippen LogP contribution in [0.5, 0.6) is 0 Å². The van der Waals surface area contributed by atoms with Gasteiger partial charge in [0, 0.05) is 56.3 Å².